The number of nitrogens with one attached hydrogen (secondary N) is 1. The van der Waals surface area contributed by atoms with E-state index in [1.54, 1.807) is 11.2 Å². The Morgan fingerprint density at radius 2 is 1.94 bits per heavy atom. The molecule has 0 spiro atoms. The van der Waals surface area contributed by atoms with Crippen molar-refractivity contribution in [2.75, 3.05) is 23.4 Å². The summed E-state index contributed by atoms with van der Waals surface area (Å²) in [6.45, 7) is 3.11. The van der Waals surface area contributed by atoms with Gasteiger partial charge in [-0.25, -0.2) is 15.0 Å². The molecule has 0 aliphatic carbocycles. The fraction of sp³-hybridized carbons (Fsp3) is 0.192. The lowest BCUT2D eigenvalue weighted by Crippen LogP contribution is -2.29. The van der Waals surface area contributed by atoms with Crippen LogP contribution in [0.3, 0.4) is 0 Å². The summed E-state index contributed by atoms with van der Waals surface area (Å²) in [4.78, 5) is 15.0. The highest BCUT2D eigenvalue weighted by Crippen LogP contribution is 2.32. The molecule has 2 aromatic heterocycles. The molecule has 0 amide bonds. The second kappa shape index (κ2) is 8.53. The SMILES string of the molecule is Cc1cc(Nc2ncnc3ccc(N4CCOC4O)cc23)ccc1Oc1ccc2c(c1)ncn2C. The van der Waals surface area contributed by atoms with Gasteiger partial charge in [-0.2, -0.15) is 0 Å². The van der Waals surface area contributed by atoms with Crippen LogP contribution in [0.5, 0.6) is 11.5 Å². The summed E-state index contributed by atoms with van der Waals surface area (Å²) in [7, 11) is 1.97. The number of nitrogens with zero attached hydrogens (tertiary/aromatic N) is 5. The summed E-state index contributed by atoms with van der Waals surface area (Å²) in [6, 6.07) is 17.6. The van der Waals surface area contributed by atoms with Crippen LogP contribution in [0.4, 0.5) is 17.2 Å². The van der Waals surface area contributed by atoms with Crippen molar-refractivity contribution < 1.29 is 14.6 Å². The number of fused-ring (bicyclic) bond motifs is 2. The first kappa shape index (κ1) is 21.3. The summed E-state index contributed by atoms with van der Waals surface area (Å²) >= 11 is 0. The van der Waals surface area contributed by atoms with Crippen molar-refractivity contribution in [3.8, 4) is 11.5 Å². The van der Waals surface area contributed by atoms with Gasteiger partial charge in [0, 0.05) is 36.4 Å². The summed E-state index contributed by atoms with van der Waals surface area (Å²) < 4.78 is 13.4. The maximum atomic E-state index is 10.1. The number of aliphatic hydroxyl groups is 1. The minimum Gasteiger partial charge on any atom is -0.457 e. The molecule has 1 aliphatic rings. The highest BCUT2D eigenvalue weighted by molar-refractivity contribution is 5.93. The molecule has 6 rings (SSSR count). The van der Waals surface area contributed by atoms with Crippen molar-refractivity contribution >= 4 is 39.1 Å². The summed E-state index contributed by atoms with van der Waals surface area (Å²) in [5, 5.41) is 14.3. The number of benzene rings is 3. The fourth-order valence-corrected chi connectivity index (χ4v) is 4.32. The Morgan fingerprint density at radius 1 is 1.03 bits per heavy atom. The minimum atomic E-state index is -0.943. The number of imidazole rings is 1. The van der Waals surface area contributed by atoms with Gasteiger partial charge in [0.2, 0.25) is 6.41 Å². The zero-order chi connectivity index (χ0) is 23.9. The highest BCUT2D eigenvalue weighted by Gasteiger charge is 2.23. The summed E-state index contributed by atoms with van der Waals surface area (Å²) in [6.07, 6.45) is 2.39. The monoisotopic (exact) mass is 468 g/mol. The first-order valence-electron chi connectivity index (χ1n) is 11.3. The molecule has 1 atom stereocenters. The van der Waals surface area contributed by atoms with Gasteiger partial charge >= 0.3 is 0 Å². The number of aliphatic hydroxyl groups excluding tert-OH is 1. The van der Waals surface area contributed by atoms with E-state index in [9.17, 15) is 5.11 Å². The standard InChI is InChI=1S/C26H24N6O3/c1-16-11-17(3-8-24(16)35-19-5-7-23-22(13-19)29-15-31(23)2)30-25-20-12-18(32-9-10-34-26(32)33)4-6-21(20)27-14-28-25/h3-8,11-15,26,33H,9-10H2,1-2H3,(H,27,28,30). The molecule has 0 saturated carbocycles. The Bertz CT molecular complexity index is 1550. The lowest BCUT2D eigenvalue weighted by molar-refractivity contribution is -0.0573. The van der Waals surface area contributed by atoms with E-state index in [0.717, 1.165) is 50.4 Å². The van der Waals surface area contributed by atoms with Crippen molar-refractivity contribution in [3.63, 3.8) is 0 Å². The van der Waals surface area contributed by atoms with Crippen molar-refractivity contribution in [2.24, 2.45) is 7.05 Å². The van der Waals surface area contributed by atoms with Crippen molar-refractivity contribution in [3.05, 3.63) is 72.8 Å². The van der Waals surface area contributed by atoms with Gasteiger partial charge in [0.25, 0.3) is 0 Å². The van der Waals surface area contributed by atoms with Crippen LogP contribution in [-0.2, 0) is 11.8 Å². The topological polar surface area (TPSA) is 97.6 Å². The van der Waals surface area contributed by atoms with Crippen LogP contribution in [-0.4, -0.2) is 44.2 Å². The van der Waals surface area contributed by atoms with Crippen LogP contribution >= 0.6 is 0 Å². The van der Waals surface area contributed by atoms with E-state index >= 15 is 0 Å². The number of aromatic nitrogens is 4. The van der Waals surface area contributed by atoms with E-state index in [1.165, 1.54) is 6.33 Å². The van der Waals surface area contributed by atoms with Crippen LogP contribution in [0.25, 0.3) is 21.9 Å². The molecule has 9 heteroatoms. The van der Waals surface area contributed by atoms with Crippen molar-refractivity contribution in [1.29, 1.82) is 0 Å². The molecule has 1 saturated heterocycles. The molecule has 3 aromatic carbocycles. The predicted molar refractivity (Wildman–Crippen MR) is 134 cm³/mol. The molecule has 1 unspecified atom stereocenters. The molecule has 2 N–H and O–H groups in total. The van der Waals surface area contributed by atoms with E-state index < -0.39 is 6.41 Å². The molecule has 0 bridgehead atoms. The van der Waals surface area contributed by atoms with Crippen LogP contribution in [0.15, 0.2) is 67.3 Å². The van der Waals surface area contributed by atoms with Gasteiger partial charge in [0.1, 0.15) is 23.6 Å². The van der Waals surface area contributed by atoms with Crippen LogP contribution in [0.1, 0.15) is 5.56 Å². The lowest BCUT2D eigenvalue weighted by atomic mass is 10.1. The Kier molecular flexibility index (Phi) is 5.20. The third-order valence-corrected chi connectivity index (χ3v) is 6.18. The second-order valence-electron chi connectivity index (χ2n) is 8.53. The van der Waals surface area contributed by atoms with E-state index in [-0.39, 0.29) is 0 Å². The third kappa shape index (κ3) is 4.01. The number of hydrogen-bond acceptors (Lipinski definition) is 8. The Labute approximate surface area is 201 Å². The molecule has 5 aromatic rings. The van der Waals surface area contributed by atoms with Gasteiger partial charge in [-0.3, -0.25) is 0 Å². The third-order valence-electron chi connectivity index (χ3n) is 6.18. The van der Waals surface area contributed by atoms with Gasteiger partial charge in [-0.1, -0.05) is 0 Å². The quantitative estimate of drug-likeness (QED) is 0.390. The van der Waals surface area contributed by atoms with Crippen LogP contribution < -0.4 is 15.0 Å². The maximum absolute atomic E-state index is 10.1. The van der Waals surface area contributed by atoms with Gasteiger partial charge in [0.05, 0.1) is 29.5 Å². The molecule has 1 aliphatic heterocycles. The van der Waals surface area contributed by atoms with Gasteiger partial charge < -0.3 is 29.4 Å². The average Bonchev–Trinajstić information content (AvgIpc) is 3.46. The molecule has 3 heterocycles. The maximum Gasteiger partial charge on any atom is 0.238 e. The van der Waals surface area contributed by atoms with E-state index in [0.29, 0.717) is 19.0 Å². The normalized spacial score (nSPS) is 15.7. The predicted octanol–water partition coefficient (Wildman–Crippen LogP) is 4.47. The zero-order valence-corrected chi connectivity index (χ0v) is 19.3. The van der Waals surface area contributed by atoms with E-state index in [1.807, 2.05) is 73.1 Å². The Hall–Kier alpha value is -4.21. The fourth-order valence-electron chi connectivity index (χ4n) is 4.32. The highest BCUT2D eigenvalue weighted by atomic mass is 16.6. The van der Waals surface area contributed by atoms with Crippen molar-refractivity contribution in [1.82, 2.24) is 19.5 Å². The molecule has 9 nitrogen and oxygen atoms in total. The number of rotatable bonds is 5. The largest absolute Gasteiger partial charge is 0.457 e. The molecule has 35 heavy (non-hydrogen) atoms. The summed E-state index contributed by atoms with van der Waals surface area (Å²) in [5.74, 6) is 2.19. The minimum absolute atomic E-state index is 0.485. The first-order valence-corrected chi connectivity index (χ1v) is 11.3. The van der Waals surface area contributed by atoms with E-state index in [2.05, 4.69) is 20.3 Å². The first-order chi connectivity index (χ1) is 17.0. The Morgan fingerprint density at radius 3 is 2.77 bits per heavy atom. The smallest absolute Gasteiger partial charge is 0.238 e. The average molecular weight is 469 g/mol. The molecular weight excluding hydrogens is 444 g/mol. The van der Waals surface area contributed by atoms with Gasteiger partial charge in [-0.15, -0.1) is 0 Å². The number of anilines is 3. The van der Waals surface area contributed by atoms with Crippen molar-refractivity contribution in [2.45, 2.75) is 13.3 Å². The summed E-state index contributed by atoms with van der Waals surface area (Å²) in [5.41, 5.74) is 5.47. The van der Waals surface area contributed by atoms with Gasteiger partial charge in [-0.05, 0) is 61.0 Å². The Balaban J connectivity index is 1.26. The lowest BCUT2D eigenvalue weighted by Gasteiger charge is -2.21. The number of aryl methyl sites for hydroxylation is 2. The number of hydrogen-bond donors (Lipinski definition) is 2. The van der Waals surface area contributed by atoms with E-state index in [4.69, 9.17) is 9.47 Å². The number of ether oxygens (including phenoxy) is 2. The molecule has 0 radical (unpaired) electrons. The zero-order valence-electron chi connectivity index (χ0n) is 19.3. The second-order valence-corrected chi connectivity index (χ2v) is 8.53. The molecule has 1 fully saturated rings. The molecule has 176 valence electrons. The van der Waals surface area contributed by atoms with Crippen LogP contribution in [0.2, 0.25) is 0 Å². The molecular formula is C26H24N6O3. The van der Waals surface area contributed by atoms with Crippen LogP contribution in [0, 0.1) is 6.92 Å². The van der Waals surface area contributed by atoms with Gasteiger partial charge in [0.15, 0.2) is 0 Å².